The molecular formula is C60H41N5. The molecule has 0 saturated heterocycles. The number of benzene rings is 9. The quantitative estimate of drug-likeness (QED) is 0.168. The number of hydrogen-bond acceptors (Lipinski definition) is 3. The molecule has 1 aliphatic carbocycles. The van der Waals surface area contributed by atoms with E-state index in [4.69, 9.17) is 15.0 Å². The molecule has 0 radical (unpaired) electrons. The lowest BCUT2D eigenvalue weighted by atomic mass is 9.81. The Morgan fingerprint density at radius 3 is 1.62 bits per heavy atom. The molecule has 65 heavy (non-hydrogen) atoms. The SMILES string of the molecule is CC1(C)c2ccccc2-c2ccc3c4ccccc4n(-c4nc(-c5cccc(-c6cccc(-c7ccccc7)c6)c5)nc(-c5ccc6c7ccccc7n(-c7ccccc7)c6c5)n4)c3c21. The standard InChI is InChI=1S/C60H41N5/c1-60(2)51-28-12-9-25-45(51)49-33-34-50-47-27-11-14-30-53(47)65(56(50)55(49)60)59-62-57(42-22-16-21-41(36-42)40-20-15-19-39(35-40)38-17-5-3-6-18-38)61-58(63-59)43-31-32-48-46-26-10-13-29-52(46)64(54(48)37-43)44-23-7-4-8-24-44/h3-37H,1-2H3. The first-order valence-corrected chi connectivity index (χ1v) is 22.3. The number of aromatic nitrogens is 5. The minimum atomic E-state index is -0.269. The lowest BCUT2D eigenvalue weighted by molar-refractivity contribution is 0.663. The van der Waals surface area contributed by atoms with E-state index in [-0.39, 0.29) is 5.41 Å². The molecule has 3 aromatic heterocycles. The van der Waals surface area contributed by atoms with Crippen LogP contribution in [0.5, 0.6) is 0 Å². The van der Waals surface area contributed by atoms with Crippen molar-refractivity contribution in [3.05, 3.63) is 223 Å². The molecule has 9 aromatic carbocycles. The van der Waals surface area contributed by atoms with Crippen molar-refractivity contribution in [1.29, 1.82) is 0 Å². The van der Waals surface area contributed by atoms with Crippen molar-refractivity contribution >= 4 is 43.6 Å². The smallest absolute Gasteiger partial charge is 0.238 e. The van der Waals surface area contributed by atoms with E-state index in [9.17, 15) is 0 Å². The second-order valence-electron chi connectivity index (χ2n) is 17.6. The molecule has 0 amide bonds. The Morgan fingerprint density at radius 2 is 0.877 bits per heavy atom. The maximum atomic E-state index is 5.51. The van der Waals surface area contributed by atoms with Crippen LogP contribution in [0.15, 0.2) is 212 Å². The van der Waals surface area contributed by atoms with Gasteiger partial charge in [0.05, 0.1) is 22.1 Å². The van der Waals surface area contributed by atoms with E-state index in [1.54, 1.807) is 0 Å². The normalized spacial score (nSPS) is 12.9. The zero-order valence-electron chi connectivity index (χ0n) is 35.9. The van der Waals surface area contributed by atoms with Gasteiger partial charge in [-0.2, -0.15) is 9.97 Å². The molecule has 3 heterocycles. The van der Waals surface area contributed by atoms with Crippen LogP contribution in [0.1, 0.15) is 25.0 Å². The van der Waals surface area contributed by atoms with Crippen LogP contribution in [0, 0.1) is 0 Å². The van der Waals surface area contributed by atoms with Crippen LogP contribution in [-0.2, 0) is 5.41 Å². The Bertz CT molecular complexity index is 3860. The van der Waals surface area contributed by atoms with E-state index in [2.05, 4.69) is 235 Å². The minimum absolute atomic E-state index is 0.269. The van der Waals surface area contributed by atoms with Crippen LogP contribution in [0.3, 0.4) is 0 Å². The summed E-state index contributed by atoms with van der Waals surface area (Å²) in [5, 5.41) is 4.71. The Balaban J connectivity index is 1.08. The first kappa shape index (κ1) is 37.2. The molecular weight excluding hydrogens is 791 g/mol. The Kier molecular flexibility index (Phi) is 8.18. The van der Waals surface area contributed by atoms with Crippen LogP contribution in [0.4, 0.5) is 0 Å². The third-order valence-electron chi connectivity index (χ3n) is 13.5. The topological polar surface area (TPSA) is 48.5 Å². The summed E-state index contributed by atoms with van der Waals surface area (Å²) in [6.45, 7) is 4.70. The van der Waals surface area contributed by atoms with Gasteiger partial charge in [0.15, 0.2) is 11.6 Å². The first-order chi connectivity index (χ1) is 32.0. The Labute approximate surface area is 376 Å². The number of para-hydroxylation sites is 3. The summed E-state index contributed by atoms with van der Waals surface area (Å²) in [6.07, 6.45) is 0. The van der Waals surface area contributed by atoms with Crippen LogP contribution >= 0.6 is 0 Å². The van der Waals surface area contributed by atoms with Crippen LogP contribution in [0.2, 0.25) is 0 Å². The average molecular weight is 832 g/mol. The predicted molar refractivity (Wildman–Crippen MR) is 268 cm³/mol. The molecule has 0 bridgehead atoms. The zero-order valence-corrected chi connectivity index (χ0v) is 35.9. The summed E-state index contributed by atoms with van der Waals surface area (Å²) in [6, 6.07) is 75.9. The third-order valence-corrected chi connectivity index (χ3v) is 13.5. The average Bonchev–Trinajstić information content (AvgIpc) is 3.97. The fourth-order valence-corrected chi connectivity index (χ4v) is 10.6. The van der Waals surface area contributed by atoms with E-state index < -0.39 is 0 Å². The molecule has 0 aliphatic heterocycles. The van der Waals surface area contributed by atoms with Gasteiger partial charge in [0, 0.05) is 43.8 Å². The Hall–Kier alpha value is -8.41. The number of fused-ring (bicyclic) bond motifs is 10. The van der Waals surface area contributed by atoms with Crippen LogP contribution < -0.4 is 0 Å². The van der Waals surface area contributed by atoms with Gasteiger partial charge in [-0.3, -0.25) is 4.57 Å². The van der Waals surface area contributed by atoms with E-state index in [0.29, 0.717) is 17.6 Å². The minimum Gasteiger partial charge on any atom is -0.309 e. The highest BCUT2D eigenvalue weighted by Gasteiger charge is 2.38. The van der Waals surface area contributed by atoms with Crippen molar-refractivity contribution in [3.63, 3.8) is 0 Å². The van der Waals surface area contributed by atoms with Crippen molar-refractivity contribution in [2.45, 2.75) is 19.3 Å². The second-order valence-corrected chi connectivity index (χ2v) is 17.6. The molecule has 0 saturated carbocycles. The summed E-state index contributed by atoms with van der Waals surface area (Å²) in [5.41, 5.74) is 16.8. The molecule has 1 aliphatic rings. The van der Waals surface area contributed by atoms with Gasteiger partial charge in [-0.25, -0.2) is 4.98 Å². The van der Waals surface area contributed by atoms with Crippen molar-refractivity contribution in [3.8, 4) is 67.8 Å². The van der Waals surface area contributed by atoms with Gasteiger partial charge in [0.25, 0.3) is 0 Å². The van der Waals surface area contributed by atoms with Gasteiger partial charge in [0.2, 0.25) is 5.95 Å². The maximum Gasteiger partial charge on any atom is 0.238 e. The molecule has 13 rings (SSSR count). The van der Waals surface area contributed by atoms with Gasteiger partial charge in [-0.1, -0.05) is 184 Å². The summed E-state index contributed by atoms with van der Waals surface area (Å²) in [5.74, 6) is 1.79. The van der Waals surface area contributed by atoms with Crippen LogP contribution in [-0.4, -0.2) is 24.1 Å². The summed E-state index contributed by atoms with van der Waals surface area (Å²) in [7, 11) is 0. The number of rotatable bonds is 6. The molecule has 0 spiro atoms. The van der Waals surface area contributed by atoms with Crippen molar-refractivity contribution in [1.82, 2.24) is 24.1 Å². The van der Waals surface area contributed by atoms with Crippen molar-refractivity contribution in [2.24, 2.45) is 0 Å². The molecule has 306 valence electrons. The molecule has 12 aromatic rings. The van der Waals surface area contributed by atoms with E-state index in [1.807, 2.05) is 0 Å². The van der Waals surface area contributed by atoms with Crippen LogP contribution in [0.25, 0.3) is 111 Å². The van der Waals surface area contributed by atoms with E-state index >= 15 is 0 Å². The highest BCUT2D eigenvalue weighted by atomic mass is 15.2. The maximum absolute atomic E-state index is 5.51. The molecule has 0 N–H and O–H groups in total. The molecule has 5 nitrogen and oxygen atoms in total. The third kappa shape index (κ3) is 5.75. The lowest BCUT2D eigenvalue weighted by Crippen LogP contribution is -2.17. The van der Waals surface area contributed by atoms with Gasteiger partial charge in [0.1, 0.15) is 0 Å². The molecule has 0 fully saturated rings. The number of nitrogens with zero attached hydrogens (tertiary/aromatic N) is 5. The summed E-state index contributed by atoms with van der Waals surface area (Å²) < 4.78 is 4.65. The fourth-order valence-electron chi connectivity index (χ4n) is 10.6. The highest BCUT2D eigenvalue weighted by molar-refractivity contribution is 6.13. The first-order valence-electron chi connectivity index (χ1n) is 22.3. The highest BCUT2D eigenvalue weighted by Crippen LogP contribution is 2.53. The van der Waals surface area contributed by atoms with E-state index in [0.717, 1.165) is 55.4 Å². The van der Waals surface area contributed by atoms with Gasteiger partial charge in [-0.05, 0) is 87.0 Å². The van der Waals surface area contributed by atoms with Crippen molar-refractivity contribution < 1.29 is 0 Å². The molecule has 0 atom stereocenters. The largest absolute Gasteiger partial charge is 0.309 e. The summed E-state index contributed by atoms with van der Waals surface area (Å²) in [4.78, 5) is 16.4. The lowest BCUT2D eigenvalue weighted by Gasteiger charge is -2.23. The van der Waals surface area contributed by atoms with Gasteiger partial charge >= 0.3 is 0 Å². The monoisotopic (exact) mass is 831 g/mol. The van der Waals surface area contributed by atoms with E-state index in [1.165, 1.54) is 49.5 Å². The Morgan fingerprint density at radius 1 is 0.354 bits per heavy atom. The fraction of sp³-hybridized carbons (Fsp3) is 0.0500. The molecule has 5 heteroatoms. The number of hydrogen-bond donors (Lipinski definition) is 0. The zero-order chi connectivity index (χ0) is 43.2. The summed E-state index contributed by atoms with van der Waals surface area (Å²) >= 11 is 0. The van der Waals surface area contributed by atoms with Crippen molar-refractivity contribution in [2.75, 3.05) is 0 Å². The molecule has 0 unspecified atom stereocenters. The van der Waals surface area contributed by atoms with Gasteiger partial charge in [-0.15, -0.1) is 0 Å². The van der Waals surface area contributed by atoms with Gasteiger partial charge < -0.3 is 4.57 Å². The predicted octanol–water partition coefficient (Wildman–Crippen LogP) is 15.0. The second kappa shape index (κ2) is 14.3.